The van der Waals surface area contributed by atoms with Gasteiger partial charge in [-0.2, -0.15) is 0 Å². The first-order valence-electron chi connectivity index (χ1n) is 4.30. The van der Waals surface area contributed by atoms with Gasteiger partial charge in [-0.1, -0.05) is 18.9 Å². The van der Waals surface area contributed by atoms with Crippen LogP contribution >= 0.6 is 0 Å². The highest BCUT2D eigenvalue weighted by Crippen LogP contribution is 2.14. The van der Waals surface area contributed by atoms with Crippen molar-refractivity contribution in [3.63, 3.8) is 0 Å². The van der Waals surface area contributed by atoms with Crippen LogP contribution in [0.3, 0.4) is 0 Å². The van der Waals surface area contributed by atoms with Gasteiger partial charge in [0.05, 0.1) is 6.61 Å². The summed E-state index contributed by atoms with van der Waals surface area (Å²) in [6.45, 7) is 5.31. The lowest BCUT2D eigenvalue weighted by atomic mass is 10.2. The summed E-state index contributed by atoms with van der Waals surface area (Å²) in [6, 6.07) is 0.459. The van der Waals surface area contributed by atoms with Crippen LogP contribution in [0.5, 0.6) is 0 Å². The molecule has 5 nitrogen and oxygen atoms in total. The van der Waals surface area contributed by atoms with Crippen LogP contribution in [-0.4, -0.2) is 30.5 Å². The predicted octanol–water partition coefficient (Wildman–Crippen LogP) is 1.25. The first-order valence-corrected chi connectivity index (χ1v) is 4.30. The Hall–Kier alpha value is -1.10. The molecular weight excluding hydrogens is 170 g/mol. The lowest BCUT2D eigenvalue weighted by molar-refractivity contribution is 0.210. The maximum Gasteiger partial charge on any atom is 0.315 e. The fourth-order valence-corrected chi connectivity index (χ4v) is 0.799. The van der Waals surface area contributed by atoms with Gasteiger partial charge in [0.15, 0.2) is 0 Å². The van der Waals surface area contributed by atoms with Crippen molar-refractivity contribution in [1.29, 1.82) is 0 Å². The van der Waals surface area contributed by atoms with E-state index < -0.39 is 0 Å². The number of methoxy groups -OCH3 is 1. The molecule has 0 bridgehead atoms. The number of nitrogens with zero attached hydrogens (tertiary/aromatic N) is 2. The lowest BCUT2D eigenvalue weighted by Gasteiger charge is -1.98. The van der Waals surface area contributed by atoms with E-state index >= 15 is 0 Å². The third kappa shape index (κ3) is 3.02. The first kappa shape index (κ1) is 9.98. The molecular formula is C8H15N3O2. The second-order valence-corrected chi connectivity index (χ2v) is 3.02. The highest BCUT2D eigenvalue weighted by molar-refractivity contribution is 5.16. The van der Waals surface area contributed by atoms with E-state index in [1.807, 2.05) is 13.8 Å². The highest BCUT2D eigenvalue weighted by Gasteiger charge is 2.08. The molecule has 0 aliphatic heterocycles. The van der Waals surface area contributed by atoms with Crippen LogP contribution in [0.2, 0.25) is 0 Å². The molecule has 0 atom stereocenters. The first-order chi connectivity index (χ1) is 6.24. The van der Waals surface area contributed by atoms with Crippen molar-refractivity contribution in [3.8, 4) is 0 Å². The highest BCUT2D eigenvalue weighted by atomic mass is 16.5. The molecule has 0 aliphatic rings. The second kappa shape index (κ2) is 4.81. The molecule has 0 aliphatic carbocycles. The largest absolute Gasteiger partial charge is 0.408 e. The Bertz CT molecular complexity index is 247. The zero-order valence-corrected chi connectivity index (χ0v) is 8.20. The minimum atomic E-state index is 0.269. The van der Waals surface area contributed by atoms with Crippen molar-refractivity contribution in [3.05, 3.63) is 5.89 Å². The second-order valence-electron chi connectivity index (χ2n) is 3.02. The fraction of sp³-hybridized carbons (Fsp3) is 0.750. The summed E-state index contributed by atoms with van der Waals surface area (Å²) in [5.41, 5.74) is 0. The van der Waals surface area contributed by atoms with Crippen molar-refractivity contribution in [2.75, 3.05) is 25.6 Å². The van der Waals surface area contributed by atoms with E-state index in [0.29, 0.717) is 25.1 Å². The zero-order chi connectivity index (χ0) is 9.68. The third-order valence-electron chi connectivity index (χ3n) is 1.52. The zero-order valence-electron chi connectivity index (χ0n) is 8.20. The number of anilines is 1. The van der Waals surface area contributed by atoms with E-state index in [-0.39, 0.29) is 5.92 Å². The Morgan fingerprint density at radius 3 is 2.77 bits per heavy atom. The molecule has 0 unspecified atom stereocenters. The van der Waals surface area contributed by atoms with Gasteiger partial charge in [-0.05, 0) is 0 Å². The van der Waals surface area contributed by atoms with Crippen LogP contribution in [0.15, 0.2) is 4.42 Å². The van der Waals surface area contributed by atoms with Gasteiger partial charge in [-0.3, -0.25) is 0 Å². The summed E-state index contributed by atoms with van der Waals surface area (Å²) in [5.74, 6) is 0.922. The molecule has 5 heteroatoms. The third-order valence-corrected chi connectivity index (χ3v) is 1.52. The van der Waals surface area contributed by atoms with E-state index in [1.54, 1.807) is 7.11 Å². The van der Waals surface area contributed by atoms with Crippen LogP contribution in [0.25, 0.3) is 0 Å². The minimum absolute atomic E-state index is 0.269. The molecule has 0 spiro atoms. The number of nitrogens with one attached hydrogen (secondary N) is 1. The SMILES string of the molecule is COCCNc1nnc(C(C)C)o1. The average molecular weight is 185 g/mol. The number of hydrogen-bond acceptors (Lipinski definition) is 5. The van der Waals surface area contributed by atoms with Crippen LogP contribution in [0.1, 0.15) is 25.7 Å². The quantitative estimate of drug-likeness (QED) is 0.699. The average Bonchev–Trinajstić information content (AvgIpc) is 2.53. The summed E-state index contributed by atoms with van der Waals surface area (Å²) in [7, 11) is 1.65. The molecule has 0 radical (unpaired) electrons. The Balaban J connectivity index is 2.40. The molecule has 0 saturated heterocycles. The lowest BCUT2D eigenvalue weighted by Crippen LogP contribution is -2.07. The molecule has 1 aromatic heterocycles. The Labute approximate surface area is 77.5 Å². The topological polar surface area (TPSA) is 60.2 Å². The molecule has 0 amide bonds. The smallest absolute Gasteiger partial charge is 0.315 e. The van der Waals surface area contributed by atoms with Gasteiger partial charge in [0, 0.05) is 19.6 Å². The minimum Gasteiger partial charge on any atom is -0.408 e. The molecule has 0 aromatic carbocycles. The van der Waals surface area contributed by atoms with Crippen LogP contribution in [0, 0.1) is 0 Å². The number of ether oxygens (including phenoxy) is 1. The van der Waals surface area contributed by atoms with Gasteiger partial charge in [-0.15, -0.1) is 5.10 Å². The molecule has 0 fully saturated rings. The van der Waals surface area contributed by atoms with Gasteiger partial charge < -0.3 is 14.5 Å². The van der Waals surface area contributed by atoms with Crippen molar-refractivity contribution < 1.29 is 9.15 Å². The van der Waals surface area contributed by atoms with Gasteiger partial charge in [0.2, 0.25) is 5.89 Å². The van der Waals surface area contributed by atoms with E-state index in [1.165, 1.54) is 0 Å². The van der Waals surface area contributed by atoms with Crippen LogP contribution < -0.4 is 5.32 Å². The van der Waals surface area contributed by atoms with Crippen molar-refractivity contribution in [2.24, 2.45) is 0 Å². The molecule has 1 rings (SSSR count). The summed E-state index contributed by atoms with van der Waals surface area (Å²) < 4.78 is 10.2. The molecule has 1 aromatic rings. The molecule has 1 heterocycles. The molecule has 0 saturated carbocycles. The monoisotopic (exact) mass is 185 g/mol. The van der Waals surface area contributed by atoms with E-state index in [0.717, 1.165) is 0 Å². The Morgan fingerprint density at radius 2 is 2.23 bits per heavy atom. The summed E-state index contributed by atoms with van der Waals surface area (Å²) in [5, 5.41) is 10.7. The van der Waals surface area contributed by atoms with Gasteiger partial charge in [-0.25, -0.2) is 0 Å². The standard InChI is InChI=1S/C8H15N3O2/c1-6(2)7-10-11-8(13-7)9-4-5-12-3/h6H,4-5H2,1-3H3,(H,9,11). The van der Waals surface area contributed by atoms with Gasteiger partial charge >= 0.3 is 6.01 Å². The van der Waals surface area contributed by atoms with Crippen LogP contribution in [0.4, 0.5) is 6.01 Å². The van der Waals surface area contributed by atoms with E-state index in [9.17, 15) is 0 Å². The normalized spacial score (nSPS) is 10.8. The Kier molecular flexibility index (Phi) is 3.70. The van der Waals surface area contributed by atoms with E-state index in [2.05, 4.69) is 15.5 Å². The number of aromatic nitrogens is 2. The maximum absolute atomic E-state index is 5.30. The summed E-state index contributed by atoms with van der Waals surface area (Å²) in [6.07, 6.45) is 0. The fourth-order valence-electron chi connectivity index (χ4n) is 0.799. The maximum atomic E-state index is 5.30. The van der Waals surface area contributed by atoms with Crippen molar-refractivity contribution in [1.82, 2.24) is 10.2 Å². The summed E-state index contributed by atoms with van der Waals surface area (Å²) >= 11 is 0. The van der Waals surface area contributed by atoms with E-state index in [4.69, 9.17) is 9.15 Å². The number of hydrogen-bond donors (Lipinski definition) is 1. The van der Waals surface area contributed by atoms with Crippen molar-refractivity contribution in [2.45, 2.75) is 19.8 Å². The van der Waals surface area contributed by atoms with Gasteiger partial charge in [0.25, 0.3) is 0 Å². The molecule has 74 valence electrons. The molecule has 13 heavy (non-hydrogen) atoms. The molecule has 1 N–H and O–H groups in total. The summed E-state index contributed by atoms with van der Waals surface area (Å²) in [4.78, 5) is 0. The predicted molar refractivity (Wildman–Crippen MR) is 48.8 cm³/mol. The van der Waals surface area contributed by atoms with Crippen LogP contribution in [-0.2, 0) is 4.74 Å². The van der Waals surface area contributed by atoms with Gasteiger partial charge in [0.1, 0.15) is 0 Å². The Morgan fingerprint density at radius 1 is 1.46 bits per heavy atom. The number of rotatable bonds is 5. The van der Waals surface area contributed by atoms with Crippen molar-refractivity contribution >= 4 is 6.01 Å².